The van der Waals surface area contributed by atoms with Crippen LogP contribution in [0.15, 0.2) is 18.2 Å². The molecular formula is C14H15ClF3NO3. The normalized spacial score (nSPS) is 12.8. The monoisotopic (exact) mass is 337 g/mol. The molecular weight excluding hydrogens is 323 g/mol. The summed E-state index contributed by atoms with van der Waals surface area (Å²) in [6, 6.07) is 4.52. The fourth-order valence-electron chi connectivity index (χ4n) is 1.67. The van der Waals surface area contributed by atoms with Gasteiger partial charge in [-0.3, -0.25) is 9.59 Å². The van der Waals surface area contributed by atoms with Crippen molar-refractivity contribution in [3.05, 3.63) is 28.8 Å². The van der Waals surface area contributed by atoms with Crippen LogP contribution in [0.5, 0.6) is 0 Å². The number of halogens is 4. The highest BCUT2D eigenvalue weighted by Crippen LogP contribution is 2.29. The quantitative estimate of drug-likeness (QED) is 0.827. The topological polar surface area (TPSA) is 66.4 Å². The van der Waals surface area contributed by atoms with Crippen LogP contribution in [-0.2, 0) is 16.0 Å². The molecule has 0 saturated carbocycles. The molecule has 0 bridgehead atoms. The van der Waals surface area contributed by atoms with E-state index in [1.165, 1.54) is 12.1 Å². The van der Waals surface area contributed by atoms with Crippen LogP contribution in [0.1, 0.15) is 25.3 Å². The number of amides is 1. The van der Waals surface area contributed by atoms with E-state index in [1.807, 2.05) is 0 Å². The molecule has 0 aromatic heterocycles. The molecule has 1 aromatic rings. The summed E-state index contributed by atoms with van der Waals surface area (Å²) in [5.74, 6) is -3.54. The second-order valence-electron chi connectivity index (χ2n) is 4.90. The highest BCUT2D eigenvalue weighted by molar-refractivity contribution is 6.33. The Morgan fingerprint density at radius 3 is 2.55 bits per heavy atom. The Labute approximate surface area is 130 Å². The van der Waals surface area contributed by atoms with E-state index in [0.717, 1.165) is 6.92 Å². The first-order chi connectivity index (χ1) is 10.1. The Balaban J connectivity index is 2.73. The van der Waals surface area contributed by atoms with Gasteiger partial charge in [-0.2, -0.15) is 13.2 Å². The van der Waals surface area contributed by atoms with Crippen molar-refractivity contribution in [2.24, 2.45) is 5.92 Å². The van der Waals surface area contributed by atoms with Crippen molar-refractivity contribution >= 4 is 29.2 Å². The number of carbonyl (C=O) groups is 2. The summed E-state index contributed by atoms with van der Waals surface area (Å²) in [7, 11) is 0. The molecule has 1 rings (SSSR count). The third-order valence-electron chi connectivity index (χ3n) is 2.98. The lowest BCUT2D eigenvalue weighted by molar-refractivity contribution is -0.173. The minimum Gasteiger partial charge on any atom is -0.481 e. The maximum absolute atomic E-state index is 12.4. The standard InChI is InChI=1S/C14H15ClF3NO3/c1-8(14(16,17)18)6-12(20)19-11-7-9(2-4-10(11)15)3-5-13(21)22/h2,4,7-8H,3,5-6H2,1H3,(H,19,20)(H,21,22). The third-order valence-corrected chi connectivity index (χ3v) is 3.31. The van der Waals surface area contributed by atoms with Crippen LogP contribution in [0, 0.1) is 5.92 Å². The lowest BCUT2D eigenvalue weighted by Gasteiger charge is -2.15. The maximum atomic E-state index is 12.4. The molecule has 0 heterocycles. The molecule has 0 aliphatic carbocycles. The number of alkyl halides is 3. The van der Waals surface area contributed by atoms with Crippen molar-refractivity contribution < 1.29 is 27.9 Å². The second kappa shape index (κ2) is 7.49. The van der Waals surface area contributed by atoms with Crippen LogP contribution in [0.4, 0.5) is 18.9 Å². The van der Waals surface area contributed by atoms with Gasteiger partial charge in [0.15, 0.2) is 0 Å². The van der Waals surface area contributed by atoms with Crippen molar-refractivity contribution in [3.8, 4) is 0 Å². The molecule has 4 nitrogen and oxygen atoms in total. The molecule has 0 aliphatic rings. The Morgan fingerprint density at radius 1 is 1.36 bits per heavy atom. The summed E-state index contributed by atoms with van der Waals surface area (Å²) in [6.07, 6.45) is -5.02. The van der Waals surface area contributed by atoms with Gasteiger partial charge in [0.05, 0.1) is 16.6 Å². The van der Waals surface area contributed by atoms with Gasteiger partial charge in [0.25, 0.3) is 0 Å². The number of aliphatic carboxylic acids is 1. The lowest BCUT2D eigenvalue weighted by atomic mass is 10.1. The predicted octanol–water partition coefficient (Wildman–Crippen LogP) is 3.88. The van der Waals surface area contributed by atoms with E-state index in [0.29, 0.717) is 5.56 Å². The molecule has 22 heavy (non-hydrogen) atoms. The average Bonchev–Trinajstić information content (AvgIpc) is 2.38. The minimum atomic E-state index is -4.44. The summed E-state index contributed by atoms with van der Waals surface area (Å²) in [5, 5.41) is 11.1. The van der Waals surface area contributed by atoms with E-state index < -0.39 is 30.4 Å². The number of carboxylic acids is 1. The molecule has 0 fully saturated rings. The van der Waals surface area contributed by atoms with Crippen LogP contribution >= 0.6 is 11.6 Å². The molecule has 1 unspecified atom stereocenters. The highest BCUT2D eigenvalue weighted by Gasteiger charge is 2.37. The van der Waals surface area contributed by atoms with E-state index in [2.05, 4.69) is 5.32 Å². The zero-order valence-electron chi connectivity index (χ0n) is 11.7. The van der Waals surface area contributed by atoms with Crippen LogP contribution in [0.3, 0.4) is 0 Å². The number of anilines is 1. The van der Waals surface area contributed by atoms with Gasteiger partial charge in [-0.1, -0.05) is 24.6 Å². The second-order valence-corrected chi connectivity index (χ2v) is 5.31. The first-order valence-electron chi connectivity index (χ1n) is 6.46. The van der Waals surface area contributed by atoms with Gasteiger partial charge in [0.1, 0.15) is 0 Å². The summed E-state index contributed by atoms with van der Waals surface area (Å²) in [6.45, 7) is 0.921. The highest BCUT2D eigenvalue weighted by atomic mass is 35.5. The Bertz CT molecular complexity index is 561. The van der Waals surface area contributed by atoms with Crippen LogP contribution in [-0.4, -0.2) is 23.2 Å². The van der Waals surface area contributed by atoms with E-state index in [9.17, 15) is 22.8 Å². The first kappa shape index (κ1) is 18.3. The number of rotatable bonds is 6. The molecule has 8 heteroatoms. The number of carboxylic acid groups (broad SMARTS) is 1. The summed E-state index contributed by atoms with van der Waals surface area (Å²) in [4.78, 5) is 22.2. The van der Waals surface area contributed by atoms with Gasteiger partial charge in [0.2, 0.25) is 5.91 Å². The molecule has 122 valence electrons. The molecule has 1 aromatic carbocycles. The van der Waals surface area contributed by atoms with Crippen molar-refractivity contribution in [2.75, 3.05) is 5.32 Å². The van der Waals surface area contributed by atoms with Gasteiger partial charge >= 0.3 is 12.1 Å². The van der Waals surface area contributed by atoms with Crippen LogP contribution in [0.25, 0.3) is 0 Å². The number of hydrogen-bond acceptors (Lipinski definition) is 2. The van der Waals surface area contributed by atoms with Crippen molar-refractivity contribution in [3.63, 3.8) is 0 Å². The zero-order chi connectivity index (χ0) is 16.9. The number of hydrogen-bond donors (Lipinski definition) is 2. The van der Waals surface area contributed by atoms with Crippen LogP contribution < -0.4 is 5.32 Å². The number of carbonyl (C=O) groups excluding carboxylic acids is 1. The molecule has 1 atom stereocenters. The van der Waals surface area contributed by atoms with Gasteiger partial charge in [-0.25, -0.2) is 0 Å². The van der Waals surface area contributed by atoms with E-state index in [4.69, 9.17) is 16.7 Å². The average molecular weight is 338 g/mol. The molecule has 1 amide bonds. The number of nitrogens with one attached hydrogen (secondary N) is 1. The number of benzene rings is 1. The third kappa shape index (κ3) is 5.93. The summed E-state index contributed by atoms with van der Waals surface area (Å²) < 4.78 is 37.2. The molecule has 0 saturated heterocycles. The minimum absolute atomic E-state index is 0.0971. The van der Waals surface area contributed by atoms with Gasteiger partial charge < -0.3 is 10.4 Å². The van der Waals surface area contributed by atoms with Crippen molar-refractivity contribution in [1.82, 2.24) is 0 Å². The Morgan fingerprint density at radius 2 is 2.00 bits per heavy atom. The molecule has 0 spiro atoms. The van der Waals surface area contributed by atoms with Crippen LogP contribution in [0.2, 0.25) is 5.02 Å². The summed E-state index contributed by atoms with van der Waals surface area (Å²) >= 11 is 5.88. The Kier molecular flexibility index (Phi) is 6.22. The Hall–Kier alpha value is -1.76. The van der Waals surface area contributed by atoms with E-state index in [-0.39, 0.29) is 23.6 Å². The van der Waals surface area contributed by atoms with Crippen molar-refractivity contribution in [2.45, 2.75) is 32.4 Å². The summed E-state index contributed by atoms with van der Waals surface area (Å²) in [5.41, 5.74) is 0.787. The maximum Gasteiger partial charge on any atom is 0.392 e. The fourth-order valence-corrected chi connectivity index (χ4v) is 1.83. The SMILES string of the molecule is CC(CC(=O)Nc1cc(CCC(=O)O)ccc1Cl)C(F)(F)F. The molecule has 0 aliphatic heterocycles. The number of aryl methyl sites for hydroxylation is 1. The molecule has 2 N–H and O–H groups in total. The molecule has 0 radical (unpaired) electrons. The van der Waals surface area contributed by atoms with Gasteiger partial charge in [0, 0.05) is 12.8 Å². The largest absolute Gasteiger partial charge is 0.481 e. The predicted molar refractivity (Wildman–Crippen MR) is 75.9 cm³/mol. The van der Waals surface area contributed by atoms with Gasteiger partial charge in [-0.05, 0) is 24.1 Å². The lowest BCUT2D eigenvalue weighted by Crippen LogP contribution is -2.25. The zero-order valence-corrected chi connectivity index (χ0v) is 12.5. The van der Waals surface area contributed by atoms with Crippen molar-refractivity contribution in [1.29, 1.82) is 0 Å². The van der Waals surface area contributed by atoms with Gasteiger partial charge in [-0.15, -0.1) is 0 Å². The smallest absolute Gasteiger partial charge is 0.392 e. The van der Waals surface area contributed by atoms with E-state index >= 15 is 0 Å². The first-order valence-corrected chi connectivity index (χ1v) is 6.84. The van der Waals surface area contributed by atoms with E-state index in [1.54, 1.807) is 6.07 Å². The fraction of sp³-hybridized carbons (Fsp3) is 0.429.